The van der Waals surface area contributed by atoms with Crippen LogP contribution in [0.4, 0.5) is 4.39 Å². The van der Waals surface area contributed by atoms with E-state index in [1.165, 1.54) is 6.20 Å². The summed E-state index contributed by atoms with van der Waals surface area (Å²) in [6.07, 6.45) is -1.55. The Labute approximate surface area is 122 Å². The summed E-state index contributed by atoms with van der Waals surface area (Å²) in [5.74, 6) is 0.194. The second-order valence-electron chi connectivity index (χ2n) is 4.44. The van der Waals surface area contributed by atoms with Gasteiger partial charge in [0.25, 0.3) is 5.56 Å². The Morgan fingerprint density at radius 1 is 1.50 bits per heavy atom. The van der Waals surface area contributed by atoms with Crippen LogP contribution in [0.15, 0.2) is 15.8 Å². The van der Waals surface area contributed by atoms with Gasteiger partial charge < -0.3 is 10.2 Å². The number of rotatable bonds is 4. The van der Waals surface area contributed by atoms with Crippen molar-refractivity contribution in [3.63, 3.8) is 0 Å². The maximum Gasteiger partial charge on any atom is 0.329 e. The zero-order valence-corrected chi connectivity index (χ0v) is 11.9. The molecule has 0 spiro atoms. The molecule has 3 N–H and O–H groups in total. The van der Waals surface area contributed by atoms with Gasteiger partial charge in [0.15, 0.2) is 6.17 Å². The molecule has 0 amide bonds. The van der Waals surface area contributed by atoms with Crippen molar-refractivity contribution in [2.75, 3.05) is 12.5 Å². The molecular weight excluding hydrogens is 311 g/mol. The Bertz CT molecular complexity index is 593. The van der Waals surface area contributed by atoms with Crippen LogP contribution in [0, 0.1) is 0 Å². The van der Waals surface area contributed by atoms with E-state index in [0.717, 1.165) is 16.3 Å². The predicted molar refractivity (Wildman–Crippen MR) is 74.2 cm³/mol. The predicted octanol–water partition coefficient (Wildman–Crippen LogP) is -0.377. The Kier molecular flexibility index (Phi) is 4.90. The van der Waals surface area contributed by atoms with Crippen molar-refractivity contribution < 1.29 is 14.6 Å². The number of nitrogens with one attached hydrogen (secondary N) is 1. The van der Waals surface area contributed by atoms with Crippen molar-refractivity contribution in [2.45, 2.75) is 29.3 Å². The lowest BCUT2D eigenvalue weighted by atomic mass is 10.1. The highest BCUT2D eigenvalue weighted by Crippen LogP contribution is 2.42. The Morgan fingerprint density at radius 3 is 2.75 bits per heavy atom. The summed E-state index contributed by atoms with van der Waals surface area (Å²) in [6, 6.07) is 0. The number of halogens is 2. The molecule has 0 radical (unpaired) electrons. The number of aliphatic hydroxyl groups excluding tert-OH is 2. The lowest BCUT2D eigenvalue weighted by Crippen LogP contribution is -2.37. The van der Waals surface area contributed by atoms with Crippen LogP contribution in [0.25, 0.3) is 0 Å². The number of hydrogen-bond acceptors (Lipinski definition) is 5. The average Bonchev–Trinajstić information content (AvgIpc) is 2.70. The number of aryl methyl sites for hydroxylation is 1. The largest absolute Gasteiger partial charge is 0.395 e. The molecule has 20 heavy (non-hydrogen) atoms. The maximum absolute atomic E-state index is 14.0. The molecule has 9 heteroatoms. The van der Waals surface area contributed by atoms with Crippen LogP contribution in [0.2, 0.25) is 0 Å². The van der Waals surface area contributed by atoms with E-state index < -0.39 is 40.8 Å². The van der Waals surface area contributed by atoms with Crippen LogP contribution in [0.5, 0.6) is 0 Å². The van der Waals surface area contributed by atoms with Gasteiger partial charge in [-0.05, 0) is 6.42 Å². The molecule has 0 unspecified atom stereocenters. The van der Waals surface area contributed by atoms with Crippen molar-refractivity contribution in [3.8, 4) is 0 Å². The van der Waals surface area contributed by atoms with E-state index in [4.69, 9.17) is 16.7 Å². The molecule has 4 atom stereocenters. The Balaban J connectivity index is 2.40. The van der Waals surface area contributed by atoms with Crippen LogP contribution in [-0.2, 0) is 6.42 Å². The van der Waals surface area contributed by atoms with Crippen molar-refractivity contribution >= 4 is 23.4 Å². The van der Waals surface area contributed by atoms with Gasteiger partial charge in [-0.1, -0.05) is 0 Å². The van der Waals surface area contributed by atoms with Gasteiger partial charge in [-0.15, -0.1) is 23.4 Å². The van der Waals surface area contributed by atoms with E-state index in [0.29, 0.717) is 0 Å². The molecule has 6 nitrogen and oxygen atoms in total. The highest BCUT2D eigenvalue weighted by atomic mass is 35.5. The normalized spacial score (nSPS) is 29.8. The molecule has 2 heterocycles. The summed E-state index contributed by atoms with van der Waals surface area (Å²) in [4.78, 5) is 25.4. The smallest absolute Gasteiger partial charge is 0.329 e. The third kappa shape index (κ3) is 2.78. The molecule has 1 fully saturated rings. The standard InChI is InChI=1S/C11H14ClFN2O4S/c12-2-1-5-3-15(11(19)14-9(5)18)10-7(13)8(17)6(4-16)20-10/h3,6-8,10,16-17H,1-2,4H2,(H,14,18,19)/t6-,7+,8-,10-/m1/s1. The van der Waals surface area contributed by atoms with Gasteiger partial charge in [-0.2, -0.15) is 0 Å². The van der Waals surface area contributed by atoms with Crippen molar-refractivity contribution in [1.29, 1.82) is 0 Å². The zero-order chi connectivity index (χ0) is 14.9. The molecule has 1 saturated heterocycles. The van der Waals surface area contributed by atoms with Crippen LogP contribution >= 0.6 is 23.4 Å². The molecule has 1 aromatic heterocycles. The van der Waals surface area contributed by atoms with E-state index >= 15 is 0 Å². The molecule has 0 aliphatic carbocycles. The summed E-state index contributed by atoms with van der Waals surface area (Å²) in [5.41, 5.74) is -1.03. The van der Waals surface area contributed by atoms with Crippen LogP contribution < -0.4 is 11.2 Å². The number of hydrogen-bond donors (Lipinski definition) is 3. The fourth-order valence-electron chi connectivity index (χ4n) is 2.07. The van der Waals surface area contributed by atoms with Crippen molar-refractivity contribution in [1.82, 2.24) is 9.55 Å². The molecule has 0 aromatic carbocycles. The minimum absolute atomic E-state index is 0.194. The van der Waals surface area contributed by atoms with Crippen molar-refractivity contribution in [3.05, 3.63) is 32.6 Å². The highest BCUT2D eigenvalue weighted by molar-refractivity contribution is 8.00. The number of H-pyrrole nitrogens is 1. The monoisotopic (exact) mass is 324 g/mol. The third-order valence-electron chi connectivity index (χ3n) is 3.15. The average molecular weight is 325 g/mol. The number of aromatic amines is 1. The second-order valence-corrected chi connectivity index (χ2v) is 6.18. The lowest BCUT2D eigenvalue weighted by Gasteiger charge is -2.16. The molecule has 112 valence electrons. The summed E-state index contributed by atoms with van der Waals surface area (Å²) in [5, 5.41) is 17.0. The van der Waals surface area contributed by atoms with E-state index in [1.54, 1.807) is 0 Å². The van der Waals surface area contributed by atoms with E-state index in [1.807, 2.05) is 0 Å². The van der Waals surface area contributed by atoms with Gasteiger partial charge in [0.1, 0.15) is 11.5 Å². The number of alkyl halides is 2. The summed E-state index contributed by atoms with van der Waals surface area (Å²) >= 11 is 6.52. The van der Waals surface area contributed by atoms with E-state index in [2.05, 4.69) is 4.98 Å². The molecule has 0 bridgehead atoms. The molecule has 0 saturated carbocycles. The number of thioether (sulfide) groups is 1. The minimum Gasteiger partial charge on any atom is -0.395 e. The summed E-state index contributed by atoms with van der Waals surface area (Å²) in [7, 11) is 0. The number of nitrogens with zero attached hydrogens (tertiary/aromatic N) is 1. The number of aliphatic hydroxyl groups is 2. The maximum atomic E-state index is 14.0. The van der Waals surface area contributed by atoms with Crippen LogP contribution in [0.3, 0.4) is 0 Å². The molecular formula is C11H14ClFN2O4S. The fraction of sp³-hybridized carbons (Fsp3) is 0.636. The Morgan fingerprint density at radius 2 is 2.20 bits per heavy atom. The first-order valence-corrected chi connectivity index (χ1v) is 7.46. The van der Waals surface area contributed by atoms with Gasteiger partial charge >= 0.3 is 5.69 Å². The van der Waals surface area contributed by atoms with Gasteiger partial charge in [-0.3, -0.25) is 14.3 Å². The quantitative estimate of drug-likeness (QED) is 0.656. The topological polar surface area (TPSA) is 95.3 Å². The first-order chi connectivity index (χ1) is 9.49. The first-order valence-electron chi connectivity index (χ1n) is 5.98. The van der Waals surface area contributed by atoms with Gasteiger partial charge in [-0.25, -0.2) is 9.18 Å². The molecule has 1 aromatic rings. The summed E-state index contributed by atoms with van der Waals surface area (Å²) < 4.78 is 15.1. The van der Waals surface area contributed by atoms with Gasteiger partial charge in [0.05, 0.1) is 11.9 Å². The number of aromatic nitrogens is 2. The Hall–Kier alpha value is -0.830. The minimum atomic E-state index is -1.70. The lowest BCUT2D eigenvalue weighted by molar-refractivity contribution is 0.0630. The van der Waals surface area contributed by atoms with Gasteiger partial charge in [0, 0.05) is 17.6 Å². The SMILES string of the molecule is O=c1[nH]c(=O)n([C@@H]2S[C@H](CO)[C@@H](O)[C@@H]2F)cc1CCCl. The molecule has 2 rings (SSSR count). The zero-order valence-electron chi connectivity index (χ0n) is 10.3. The van der Waals surface area contributed by atoms with Crippen molar-refractivity contribution in [2.24, 2.45) is 0 Å². The second kappa shape index (κ2) is 6.30. The summed E-state index contributed by atoms with van der Waals surface area (Å²) in [6.45, 7) is -0.393. The van der Waals surface area contributed by atoms with Crippen LogP contribution in [-0.4, -0.2) is 49.8 Å². The van der Waals surface area contributed by atoms with Gasteiger partial charge in [0.2, 0.25) is 0 Å². The van der Waals surface area contributed by atoms with E-state index in [9.17, 15) is 19.1 Å². The molecule has 1 aliphatic heterocycles. The highest BCUT2D eigenvalue weighted by Gasteiger charge is 2.44. The fourth-order valence-corrected chi connectivity index (χ4v) is 3.63. The molecule has 1 aliphatic rings. The van der Waals surface area contributed by atoms with Crippen LogP contribution in [0.1, 0.15) is 10.9 Å². The van der Waals surface area contributed by atoms with E-state index in [-0.39, 0.29) is 17.9 Å². The first kappa shape index (κ1) is 15.6. The third-order valence-corrected chi connectivity index (χ3v) is 4.89.